The van der Waals surface area contributed by atoms with E-state index in [1.54, 1.807) is 0 Å². The zero-order valence-corrected chi connectivity index (χ0v) is 37.5. The Hall–Kier alpha value is -8.26. The number of fused-ring (bicyclic) bond motifs is 15. The van der Waals surface area contributed by atoms with Crippen LogP contribution in [0.25, 0.3) is 83.6 Å². The van der Waals surface area contributed by atoms with Gasteiger partial charge in [-0.15, -0.1) is 0 Å². The van der Waals surface area contributed by atoms with Crippen LogP contribution in [0.5, 0.6) is 0 Å². The lowest BCUT2D eigenvalue weighted by Gasteiger charge is -2.39. The summed E-state index contributed by atoms with van der Waals surface area (Å²) >= 11 is 0. The lowest BCUT2D eigenvalue weighted by molar-refractivity contribution is 0.660. The summed E-state index contributed by atoms with van der Waals surface area (Å²) < 4.78 is 2.52. The lowest BCUT2D eigenvalue weighted by atomic mass is 9.65. The molecule has 1 heteroatoms. The van der Waals surface area contributed by atoms with Gasteiger partial charge in [0.15, 0.2) is 0 Å². The van der Waals surface area contributed by atoms with Crippen LogP contribution in [0.4, 0.5) is 0 Å². The minimum Gasteiger partial charge on any atom is -0.309 e. The van der Waals surface area contributed by atoms with Crippen LogP contribution >= 0.6 is 0 Å². The summed E-state index contributed by atoms with van der Waals surface area (Å²) in [5, 5.41) is 2.59. The molecule has 0 radical (unpaired) electrons. The lowest BCUT2D eigenvalue weighted by Crippen LogP contribution is -2.33. The molecule has 1 nitrogen and oxygen atoms in total. The van der Waals surface area contributed by atoms with Gasteiger partial charge in [0.1, 0.15) is 0 Å². The van der Waals surface area contributed by atoms with Gasteiger partial charge < -0.3 is 4.57 Å². The largest absolute Gasteiger partial charge is 0.309 e. The normalized spacial score (nSPS) is 15.9. The molecule has 314 valence electrons. The van der Waals surface area contributed by atoms with Gasteiger partial charge in [0.05, 0.1) is 22.1 Å². The predicted octanol–water partition coefficient (Wildman–Crippen LogP) is 16.7. The maximum absolute atomic E-state index is 2.52. The summed E-state index contributed by atoms with van der Waals surface area (Å²) in [4.78, 5) is 0. The standard InChI is InChI=1S/C66H45N/c1-65(2)56-25-11-8-21-49(56)54-40-45(35-37-57(54)65)43-33-31-42(32-34-43)39-53(44-17-4-3-5-18-44)48-20-7-6-19-47(48)46-36-38-59-55(41-46)50-22-9-12-26-58(50)66(59)60-27-13-15-30-63(60)67-62-29-14-10-23-51(62)52-24-16-28-61(66)64(52)67/h3-41H,1-2H3/b53-39-. The second kappa shape index (κ2) is 14.1. The average molecular weight is 852 g/mol. The maximum Gasteiger partial charge on any atom is 0.0754 e. The highest BCUT2D eigenvalue weighted by Crippen LogP contribution is 2.61. The van der Waals surface area contributed by atoms with Crippen molar-refractivity contribution in [2.45, 2.75) is 24.7 Å². The van der Waals surface area contributed by atoms with Crippen molar-refractivity contribution in [2.24, 2.45) is 0 Å². The van der Waals surface area contributed by atoms with Gasteiger partial charge in [0, 0.05) is 16.2 Å². The summed E-state index contributed by atoms with van der Waals surface area (Å²) in [6.45, 7) is 4.69. The average Bonchev–Trinajstić information content (AvgIpc) is 3.97. The van der Waals surface area contributed by atoms with Crippen molar-refractivity contribution in [1.82, 2.24) is 4.57 Å². The Balaban J connectivity index is 0.909. The Bertz CT molecular complexity index is 3880. The molecule has 11 aromatic rings. The number of hydrogen-bond donors (Lipinski definition) is 0. The van der Waals surface area contributed by atoms with Crippen molar-refractivity contribution in [2.75, 3.05) is 0 Å². The first kappa shape index (κ1) is 38.1. The van der Waals surface area contributed by atoms with Crippen LogP contribution in [0.2, 0.25) is 0 Å². The third-order valence-corrected chi connectivity index (χ3v) is 15.4. The third kappa shape index (κ3) is 5.26. The van der Waals surface area contributed by atoms with Crippen LogP contribution in [0.15, 0.2) is 231 Å². The summed E-state index contributed by atoms with van der Waals surface area (Å²) in [7, 11) is 0. The highest BCUT2D eigenvalue weighted by atomic mass is 15.0. The van der Waals surface area contributed by atoms with Crippen molar-refractivity contribution >= 4 is 33.5 Å². The van der Waals surface area contributed by atoms with Crippen molar-refractivity contribution in [3.05, 3.63) is 281 Å². The number of rotatable bonds is 5. The van der Waals surface area contributed by atoms with E-state index >= 15 is 0 Å². The van der Waals surface area contributed by atoms with Crippen LogP contribution in [0.1, 0.15) is 63.9 Å². The first-order chi connectivity index (χ1) is 33.0. The van der Waals surface area contributed by atoms with Crippen molar-refractivity contribution < 1.29 is 0 Å². The molecule has 1 aromatic heterocycles. The van der Waals surface area contributed by atoms with Gasteiger partial charge in [-0.2, -0.15) is 0 Å². The Labute approximate surface area is 391 Å². The van der Waals surface area contributed by atoms with E-state index in [2.05, 4.69) is 255 Å². The number of para-hydroxylation sites is 3. The van der Waals surface area contributed by atoms with E-state index < -0.39 is 5.41 Å². The molecule has 67 heavy (non-hydrogen) atoms. The molecule has 0 fully saturated rings. The van der Waals surface area contributed by atoms with Crippen LogP contribution in [-0.2, 0) is 10.8 Å². The molecule has 0 saturated carbocycles. The van der Waals surface area contributed by atoms with Crippen LogP contribution in [0, 0.1) is 0 Å². The molecule has 0 amide bonds. The Morgan fingerprint density at radius 1 is 0.388 bits per heavy atom. The molecular formula is C66H45N. The molecule has 1 aliphatic heterocycles. The van der Waals surface area contributed by atoms with E-state index in [9.17, 15) is 0 Å². The molecule has 1 spiro atoms. The highest BCUT2D eigenvalue weighted by Gasteiger charge is 2.50. The molecule has 10 aromatic carbocycles. The van der Waals surface area contributed by atoms with Gasteiger partial charge in [-0.25, -0.2) is 0 Å². The van der Waals surface area contributed by atoms with Crippen molar-refractivity contribution in [3.63, 3.8) is 0 Å². The summed E-state index contributed by atoms with van der Waals surface area (Å²) in [6.07, 6.45) is 2.37. The molecule has 14 rings (SSSR count). The third-order valence-electron chi connectivity index (χ3n) is 15.4. The van der Waals surface area contributed by atoms with Crippen molar-refractivity contribution in [1.29, 1.82) is 0 Å². The van der Waals surface area contributed by atoms with Crippen molar-refractivity contribution in [3.8, 4) is 50.2 Å². The maximum atomic E-state index is 2.52. The smallest absolute Gasteiger partial charge is 0.0754 e. The van der Waals surface area contributed by atoms with Crippen LogP contribution in [-0.4, -0.2) is 4.57 Å². The molecule has 2 heterocycles. The van der Waals surface area contributed by atoms with Gasteiger partial charge >= 0.3 is 0 Å². The fourth-order valence-corrected chi connectivity index (χ4v) is 12.5. The number of nitrogens with zero attached hydrogens (tertiary/aromatic N) is 1. The fraction of sp³-hybridized carbons (Fsp3) is 0.0606. The topological polar surface area (TPSA) is 4.93 Å². The van der Waals surface area contributed by atoms with E-state index in [1.807, 2.05) is 0 Å². The molecular weight excluding hydrogens is 807 g/mol. The van der Waals surface area contributed by atoms with E-state index in [0.717, 1.165) is 5.56 Å². The van der Waals surface area contributed by atoms with Gasteiger partial charge in [0.25, 0.3) is 0 Å². The molecule has 0 N–H and O–H groups in total. The number of hydrogen-bond acceptors (Lipinski definition) is 0. The first-order valence-electron chi connectivity index (χ1n) is 23.6. The van der Waals surface area contributed by atoms with E-state index in [1.165, 1.54) is 122 Å². The minimum atomic E-state index is -0.480. The minimum absolute atomic E-state index is 0.00402. The molecule has 0 bridgehead atoms. The van der Waals surface area contributed by atoms with Crippen LogP contribution < -0.4 is 0 Å². The Kier molecular flexibility index (Phi) is 8.02. The van der Waals surface area contributed by atoms with Gasteiger partial charge in [-0.1, -0.05) is 220 Å². The van der Waals surface area contributed by atoms with E-state index in [-0.39, 0.29) is 5.41 Å². The molecule has 0 saturated heterocycles. The quantitative estimate of drug-likeness (QED) is 0.152. The monoisotopic (exact) mass is 851 g/mol. The molecule has 1 atom stereocenters. The number of benzene rings is 10. The Morgan fingerprint density at radius 2 is 0.940 bits per heavy atom. The number of aromatic nitrogens is 1. The summed E-state index contributed by atoms with van der Waals surface area (Å²) in [5.74, 6) is 0. The van der Waals surface area contributed by atoms with Crippen LogP contribution in [0.3, 0.4) is 0 Å². The molecule has 2 aliphatic carbocycles. The fourth-order valence-electron chi connectivity index (χ4n) is 12.5. The predicted molar refractivity (Wildman–Crippen MR) is 280 cm³/mol. The Morgan fingerprint density at radius 3 is 1.78 bits per heavy atom. The second-order valence-electron chi connectivity index (χ2n) is 19.1. The highest BCUT2D eigenvalue weighted by molar-refractivity contribution is 6.13. The molecule has 1 unspecified atom stereocenters. The van der Waals surface area contributed by atoms with E-state index in [4.69, 9.17) is 0 Å². The summed E-state index contributed by atoms with van der Waals surface area (Å²) in [6, 6.07) is 86.3. The second-order valence-corrected chi connectivity index (χ2v) is 19.1. The van der Waals surface area contributed by atoms with Gasteiger partial charge in [0.2, 0.25) is 0 Å². The van der Waals surface area contributed by atoms with Gasteiger partial charge in [-0.05, 0) is 130 Å². The summed E-state index contributed by atoms with van der Waals surface area (Å²) in [5.41, 5.74) is 26.4. The molecule has 3 aliphatic rings. The van der Waals surface area contributed by atoms with Gasteiger partial charge in [-0.3, -0.25) is 0 Å². The first-order valence-corrected chi connectivity index (χ1v) is 23.6. The zero-order valence-electron chi connectivity index (χ0n) is 37.5. The van der Waals surface area contributed by atoms with E-state index in [0.29, 0.717) is 0 Å². The zero-order chi connectivity index (χ0) is 44.4. The SMILES string of the molecule is CC1(C)c2ccccc2-c2cc(-c3ccc(/C=C(/c4ccccc4)c4ccccc4-c4ccc5c(c4)-c4ccccc4C54c5ccccc5-n5c6ccccc6c6cccc4c65)cc3)ccc21.